The lowest BCUT2D eigenvalue weighted by atomic mass is 9.82. The molecule has 0 spiro atoms. The molecule has 0 atom stereocenters. The van der Waals surface area contributed by atoms with Crippen molar-refractivity contribution < 1.29 is 0 Å². The van der Waals surface area contributed by atoms with Crippen molar-refractivity contribution in [3.05, 3.63) is 65.8 Å². The second kappa shape index (κ2) is 3.79. The van der Waals surface area contributed by atoms with E-state index in [2.05, 4.69) is 63.8 Å². The van der Waals surface area contributed by atoms with Crippen molar-refractivity contribution in [2.24, 2.45) is 0 Å². The minimum atomic E-state index is 0.0899. The minimum absolute atomic E-state index is 0.0899. The highest BCUT2D eigenvalue weighted by Gasteiger charge is 2.36. The van der Waals surface area contributed by atoms with Gasteiger partial charge in [-0.05, 0) is 29.2 Å². The Hall–Kier alpha value is -1.56. The first-order valence-corrected chi connectivity index (χ1v) is 5.72. The molecular formula is C16H18. The summed E-state index contributed by atoms with van der Waals surface area (Å²) in [5.74, 6) is 0. The summed E-state index contributed by atoms with van der Waals surface area (Å²) in [6.45, 7) is 10.5. The van der Waals surface area contributed by atoms with Crippen molar-refractivity contribution in [1.82, 2.24) is 0 Å². The van der Waals surface area contributed by atoms with Gasteiger partial charge in [-0.3, -0.25) is 0 Å². The summed E-state index contributed by atoms with van der Waals surface area (Å²) in [4.78, 5) is 0. The molecule has 2 rings (SSSR count). The van der Waals surface area contributed by atoms with Gasteiger partial charge in [0.25, 0.3) is 0 Å². The van der Waals surface area contributed by atoms with Crippen LogP contribution in [0.5, 0.6) is 0 Å². The quantitative estimate of drug-likeness (QED) is 0.640. The molecule has 0 radical (unpaired) electrons. The van der Waals surface area contributed by atoms with E-state index in [4.69, 9.17) is 0 Å². The summed E-state index contributed by atoms with van der Waals surface area (Å²) < 4.78 is 0. The fourth-order valence-electron chi connectivity index (χ4n) is 2.62. The minimum Gasteiger partial charge on any atom is -0.0991 e. The van der Waals surface area contributed by atoms with Crippen molar-refractivity contribution in [2.75, 3.05) is 0 Å². The third-order valence-corrected chi connectivity index (χ3v) is 3.43. The number of hydrogen-bond acceptors (Lipinski definition) is 0. The predicted octanol–water partition coefficient (Wildman–Crippen LogP) is 4.49. The van der Waals surface area contributed by atoms with Gasteiger partial charge in [0.15, 0.2) is 0 Å². The molecule has 0 bridgehead atoms. The molecule has 0 N–H and O–H groups in total. The first-order chi connectivity index (χ1) is 7.62. The van der Waals surface area contributed by atoms with E-state index in [1.165, 1.54) is 22.3 Å². The monoisotopic (exact) mass is 210 g/mol. The van der Waals surface area contributed by atoms with Gasteiger partial charge in [-0.15, -0.1) is 0 Å². The Kier molecular flexibility index (Phi) is 2.59. The second-order valence-electron chi connectivity index (χ2n) is 4.69. The molecule has 0 heterocycles. The second-order valence-corrected chi connectivity index (χ2v) is 4.69. The molecule has 0 aliphatic heterocycles. The molecule has 1 aromatic carbocycles. The normalized spacial score (nSPS) is 22.4. The zero-order valence-electron chi connectivity index (χ0n) is 10.2. The van der Waals surface area contributed by atoms with E-state index in [0.29, 0.717) is 0 Å². The van der Waals surface area contributed by atoms with Gasteiger partial charge in [0.2, 0.25) is 0 Å². The Labute approximate surface area is 98.0 Å². The van der Waals surface area contributed by atoms with Crippen LogP contribution in [0.15, 0.2) is 54.6 Å². The van der Waals surface area contributed by atoms with Gasteiger partial charge in [-0.2, -0.15) is 0 Å². The SMILES string of the molecule is C=CC=C1/C(=C\C)c2ccccc2C1(C)C. The van der Waals surface area contributed by atoms with Crippen molar-refractivity contribution >= 4 is 5.57 Å². The average molecular weight is 210 g/mol. The van der Waals surface area contributed by atoms with Crippen molar-refractivity contribution in [3.8, 4) is 0 Å². The smallest absolute Gasteiger partial charge is 0.0158 e. The van der Waals surface area contributed by atoms with Crippen molar-refractivity contribution in [3.63, 3.8) is 0 Å². The number of hydrogen-bond donors (Lipinski definition) is 0. The molecule has 0 heteroatoms. The van der Waals surface area contributed by atoms with E-state index >= 15 is 0 Å². The molecule has 0 saturated carbocycles. The van der Waals surface area contributed by atoms with Crippen molar-refractivity contribution in [1.29, 1.82) is 0 Å². The summed E-state index contributed by atoms with van der Waals surface area (Å²) in [5, 5.41) is 0. The molecule has 16 heavy (non-hydrogen) atoms. The summed E-state index contributed by atoms with van der Waals surface area (Å²) in [5.41, 5.74) is 5.58. The lowest BCUT2D eigenvalue weighted by Gasteiger charge is -2.21. The van der Waals surface area contributed by atoms with Crippen LogP contribution in [0.25, 0.3) is 5.57 Å². The molecular weight excluding hydrogens is 192 g/mol. The molecule has 0 fully saturated rings. The van der Waals surface area contributed by atoms with Crippen LogP contribution in [-0.4, -0.2) is 0 Å². The van der Waals surface area contributed by atoms with Crippen LogP contribution in [0.1, 0.15) is 31.9 Å². The van der Waals surface area contributed by atoms with E-state index in [-0.39, 0.29) is 5.41 Å². The molecule has 1 aliphatic rings. The van der Waals surface area contributed by atoms with E-state index in [0.717, 1.165) is 0 Å². The number of benzene rings is 1. The summed E-state index contributed by atoms with van der Waals surface area (Å²) in [7, 11) is 0. The van der Waals surface area contributed by atoms with Gasteiger partial charge in [0.1, 0.15) is 0 Å². The largest absolute Gasteiger partial charge is 0.0991 e. The van der Waals surface area contributed by atoms with Crippen LogP contribution < -0.4 is 0 Å². The predicted molar refractivity (Wildman–Crippen MR) is 71.4 cm³/mol. The molecule has 1 aromatic rings. The maximum absolute atomic E-state index is 3.82. The standard InChI is InChI=1S/C16H18/c1-5-9-14-12(6-2)13-10-7-8-11-15(13)16(14,3)4/h5-11H,1H2,2-4H3/b12-6-,14-9?. The lowest BCUT2D eigenvalue weighted by Crippen LogP contribution is -2.14. The van der Waals surface area contributed by atoms with E-state index in [9.17, 15) is 0 Å². The summed E-state index contributed by atoms with van der Waals surface area (Å²) in [6.07, 6.45) is 6.21. The highest BCUT2D eigenvalue weighted by molar-refractivity contribution is 5.89. The molecule has 1 aliphatic carbocycles. The third-order valence-electron chi connectivity index (χ3n) is 3.43. The molecule has 0 saturated heterocycles. The lowest BCUT2D eigenvalue weighted by molar-refractivity contribution is 0.661. The molecule has 0 aromatic heterocycles. The van der Waals surface area contributed by atoms with Gasteiger partial charge in [0, 0.05) is 5.41 Å². The maximum Gasteiger partial charge on any atom is 0.0158 e. The molecule has 82 valence electrons. The Morgan fingerprint density at radius 2 is 1.88 bits per heavy atom. The fraction of sp³-hybridized carbons (Fsp3) is 0.250. The van der Waals surface area contributed by atoms with E-state index in [1.54, 1.807) is 0 Å². The van der Waals surface area contributed by atoms with Crippen LogP contribution >= 0.6 is 0 Å². The Balaban J connectivity index is 2.75. The van der Waals surface area contributed by atoms with Gasteiger partial charge in [0.05, 0.1) is 0 Å². The first-order valence-electron chi connectivity index (χ1n) is 5.72. The van der Waals surface area contributed by atoms with Gasteiger partial charge in [-0.1, -0.05) is 62.9 Å². The Morgan fingerprint density at radius 1 is 1.19 bits per heavy atom. The van der Waals surface area contributed by atoms with E-state index < -0.39 is 0 Å². The van der Waals surface area contributed by atoms with Crippen LogP contribution in [0.4, 0.5) is 0 Å². The summed E-state index contributed by atoms with van der Waals surface area (Å²) >= 11 is 0. The topological polar surface area (TPSA) is 0 Å². The molecule has 0 nitrogen and oxygen atoms in total. The summed E-state index contributed by atoms with van der Waals surface area (Å²) in [6, 6.07) is 8.65. The fourth-order valence-corrected chi connectivity index (χ4v) is 2.62. The number of allylic oxidation sites excluding steroid dienone is 5. The number of fused-ring (bicyclic) bond motifs is 1. The Bertz CT molecular complexity index is 485. The van der Waals surface area contributed by atoms with Crippen LogP contribution in [0.2, 0.25) is 0 Å². The highest BCUT2D eigenvalue weighted by atomic mass is 14.4. The number of rotatable bonds is 1. The molecule has 0 amide bonds. The van der Waals surface area contributed by atoms with Crippen molar-refractivity contribution in [2.45, 2.75) is 26.2 Å². The van der Waals surface area contributed by atoms with Crippen LogP contribution in [0.3, 0.4) is 0 Å². The first kappa shape index (κ1) is 10.9. The Morgan fingerprint density at radius 3 is 2.50 bits per heavy atom. The maximum atomic E-state index is 3.82. The third kappa shape index (κ3) is 1.37. The van der Waals surface area contributed by atoms with Gasteiger partial charge >= 0.3 is 0 Å². The van der Waals surface area contributed by atoms with Crippen LogP contribution in [0, 0.1) is 0 Å². The van der Waals surface area contributed by atoms with E-state index in [1.807, 2.05) is 6.08 Å². The van der Waals surface area contributed by atoms with Gasteiger partial charge in [-0.25, -0.2) is 0 Å². The average Bonchev–Trinajstić information content (AvgIpc) is 2.49. The highest BCUT2D eigenvalue weighted by Crippen LogP contribution is 2.49. The zero-order chi connectivity index (χ0) is 11.8. The molecule has 0 unspecified atom stereocenters. The van der Waals surface area contributed by atoms with Gasteiger partial charge < -0.3 is 0 Å². The van der Waals surface area contributed by atoms with Crippen LogP contribution in [-0.2, 0) is 5.41 Å². The zero-order valence-corrected chi connectivity index (χ0v) is 10.2.